The lowest BCUT2D eigenvalue weighted by atomic mass is 9.74. The van der Waals surface area contributed by atoms with Crippen LogP contribution in [0.2, 0.25) is 0 Å². The number of rotatable bonds is 5. The molecule has 0 aliphatic heterocycles. The highest BCUT2D eigenvalue weighted by atomic mass is 16.5. The van der Waals surface area contributed by atoms with E-state index in [1.54, 1.807) is 0 Å². The third-order valence-corrected chi connectivity index (χ3v) is 4.11. The van der Waals surface area contributed by atoms with Crippen molar-refractivity contribution in [2.45, 2.75) is 65.1 Å². The monoisotopic (exact) mass is 240 g/mol. The molecule has 0 spiro atoms. The average molecular weight is 240 g/mol. The Bertz CT molecular complexity index is 256. The van der Waals surface area contributed by atoms with Crippen LogP contribution in [0.25, 0.3) is 0 Å². The molecule has 0 N–H and O–H groups in total. The highest BCUT2D eigenvalue weighted by Crippen LogP contribution is 2.38. The van der Waals surface area contributed by atoms with E-state index < -0.39 is 0 Å². The maximum Gasteiger partial charge on any atom is 0.0703 e. The van der Waals surface area contributed by atoms with Crippen molar-refractivity contribution in [1.29, 1.82) is 0 Å². The van der Waals surface area contributed by atoms with Crippen LogP contribution in [0, 0.1) is 5.92 Å². The fraction of sp³-hybridized carbons (Fsp3) is 0.867. The van der Waals surface area contributed by atoms with Crippen molar-refractivity contribution in [3.63, 3.8) is 0 Å². The summed E-state index contributed by atoms with van der Waals surface area (Å²) >= 11 is 0. The van der Waals surface area contributed by atoms with E-state index in [2.05, 4.69) is 33.8 Å². The van der Waals surface area contributed by atoms with Crippen molar-refractivity contribution in [3.8, 4) is 0 Å². The molecular weight excluding hydrogens is 212 g/mol. The standard InChI is InChI=1S/C15H28O2/c1-12(2)9-11-17-13(3)14-8-6-7-10-15(14,4)16-5/h9,13-14H,6-8,10-11H2,1-5H3/t13?,14?,15-/m1/s1. The number of hydrogen-bond donors (Lipinski definition) is 0. The SMILES string of the molecule is CO[C@]1(C)CCCCC1C(C)OCC=C(C)C. The lowest BCUT2D eigenvalue weighted by Crippen LogP contribution is -2.45. The van der Waals surface area contributed by atoms with Crippen LogP contribution in [-0.2, 0) is 9.47 Å². The lowest BCUT2D eigenvalue weighted by Gasteiger charge is -2.43. The summed E-state index contributed by atoms with van der Waals surface area (Å²) in [4.78, 5) is 0. The van der Waals surface area contributed by atoms with Gasteiger partial charge in [-0.1, -0.05) is 24.5 Å². The highest BCUT2D eigenvalue weighted by molar-refractivity contribution is 4.94. The Morgan fingerprint density at radius 1 is 1.41 bits per heavy atom. The van der Waals surface area contributed by atoms with Crippen LogP contribution in [-0.4, -0.2) is 25.4 Å². The van der Waals surface area contributed by atoms with Gasteiger partial charge in [0.2, 0.25) is 0 Å². The van der Waals surface area contributed by atoms with Crippen molar-refractivity contribution in [3.05, 3.63) is 11.6 Å². The third-order valence-electron chi connectivity index (χ3n) is 4.11. The molecule has 0 heterocycles. The average Bonchev–Trinajstić information content (AvgIpc) is 2.29. The van der Waals surface area contributed by atoms with Crippen molar-refractivity contribution in [1.82, 2.24) is 0 Å². The Hall–Kier alpha value is -0.340. The number of allylic oxidation sites excluding steroid dienone is 1. The van der Waals surface area contributed by atoms with Crippen molar-refractivity contribution < 1.29 is 9.47 Å². The van der Waals surface area contributed by atoms with Gasteiger partial charge in [0.25, 0.3) is 0 Å². The largest absolute Gasteiger partial charge is 0.378 e. The molecule has 1 rings (SSSR count). The maximum atomic E-state index is 5.93. The Morgan fingerprint density at radius 2 is 2.12 bits per heavy atom. The van der Waals surface area contributed by atoms with Crippen LogP contribution in [0.15, 0.2) is 11.6 Å². The third kappa shape index (κ3) is 4.11. The predicted molar refractivity (Wildman–Crippen MR) is 72.2 cm³/mol. The van der Waals surface area contributed by atoms with E-state index in [0.717, 1.165) is 13.0 Å². The summed E-state index contributed by atoms with van der Waals surface area (Å²) in [5.74, 6) is 0.520. The van der Waals surface area contributed by atoms with Gasteiger partial charge < -0.3 is 9.47 Å². The Labute approximate surface area is 106 Å². The molecule has 0 aromatic carbocycles. The Morgan fingerprint density at radius 3 is 2.71 bits per heavy atom. The molecule has 1 fully saturated rings. The zero-order valence-electron chi connectivity index (χ0n) is 12.1. The van der Waals surface area contributed by atoms with Crippen LogP contribution >= 0.6 is 0 Å². The number of ether oxygens (including phenoxy) is 2. The first kappa shape index (κ1) is 14.7. The molecule has 2 heteroatoms. The second kappa shape index (κ2) is 6.55. The van der Waals surface area contributed by atoms with E-state index in [1.807, 2.05) is 7.11 Å². The van der Waals surface area contributed by atoms with Crippen LogP contribution < -0.4 is 0 Å². The summed E-state index contributed by atoms with van der Waals surface area (Å²) < 4.78 is 11.7. The van der Waals surface area contributed by atoms with Gasteiger partial charge in [0.15, 0.2) is 0 Å². The lowest BCUT2D eigenvalue weighted by molar-refractivity contribution is -0.117. The van der Waals surface area contributed by atoms with E-state index in [4.69, 9.17) is 9.47 Å². The molecule has 0 bridgehead atoms. The van der Waals surface area contributed by atoms with E-state index in [0.29, 0.717) is 5.92 Å². The minimum absolute atomic E-state index is 0.00262. The smallest absolute Gasteiger partial charge is 0.0703 e. The van der Waals surface area contributed by atoms with Crippen molar-refractivity contribution >= 4 is 0 Å². The van der Waals surface area contributed by atoms with E-state index in [9.17, 15) is 0 Å². The first-order chi connectivity index (χ1) is 7.99. The topological polar surface area (TPSA) is 18.5 Å². The predicted octanol–water partition coefficient (Wildman–Crippen LogP) is 3.95. The molecule has 0 aromatic heterocycles. The second-order valence-electron chi connectivity index (χ2n) is 5.69. The zero-order valence-corrected chi connectivity index (χ0v) is 12.1. The molecule has 1 aliphatic carbocycles. The minimum atomic E-state index is 0.00262. The molecular formula is C15H28O2. The Balaban J connectivity index is 2.53. The summed E-state index contributed by atoms with van der Waals surface area (Å²) in [6.07, 6.45) is 7.38. The highest BCUT2D eigenvalue weighted by Gasteiger charge is 2.40. The molecule has 0 saturated heterocycles. The molecule has 2 nitrogen and oxygen atoms in total. The molecule has 0 radical (unpaired) electrons. The van der Waals surface area contributed by atoms with Crippen molar-refractivity contribution in [2.75, 3.05) is 13.7 Å². The van der Waals surface area contributed by atoms with Crippen LogP contribution in [0.4, 0.5) is 0 Å². The first-order valence-electron chi connectivity index (χ1n) is 6.79. The molecule has 0 aromatic rings. The minimum Gasteiger partial charge on any atom is -0.378 e. The van der Waals surface area contributed by atoms with Crippen LogP contribution in [0.3, 0.4) is 0 Å². The fourth-order valence-electron chi connectivity index (χ4n) is 2.80. The van der Waals surface area contributed by atoms with Crippen LogP contribution in [0.5, 0.6) is 0 Å². The summed E-state index contributed by atoms with van der Waals surface area (Å²) in [5, 5.41) is 0. The number of hydrogen-bond acceptors (Lipinski definition) is 2. The van der Waals surface area contributed by atoms with Gasteiger partial charge in [0.1, 0.15) is 0 Å². The summed E-state index contributed by atoms with van der Waals surface area (Å²) in [7, 11) is 1.83. The van der Waals surface area contributed by atoms with Crippen molar-refractivity contribution in [2.24, 2.45) is 5.92 Å². The van der Waals surface area contributed by atoms with Gasteiger partial charge >= 0.3 is 0 Å². The van der Waals surface area contributed by atoms with E-state index >= 15 is 0 Å². The van der Waals surface area contributed by atoms with Gasteiger partial charge in [0.05, 0.1) is 18.3 Å². The molecule has 1 saturated carbocycles. The molecule has 1 aliphatic rings. The van der Waals surface area contributed by atoms with Gasteiger partial charge in [-0.3, -0.25) is 0 Å². The van der Waals surface area contributed by atoms with Gasteiger partial charge in [0, 0.05) is 13.0 Å². The van der Waals surface area contributed by atoms with Gasteiger partial charge in [-0.05, 0) is 40.5 Å². The van der Waals surface area contributed by atoms with Gasteiger partial charge in [-0.2, -0.15) is 0 Å². The second-order valence-corrected chi connectivity index (χ2v) is 5.69. The molecule has 17 heavy (non-hydrogen) atoms. The molecule has 0 amide bonds. The normalized spacial score (nSPS) is 31.0. The van der Waals surface area contributed by atoms with E-state index in [1.165, 1.54) is 24.8 Å². The molecule has 100 valence electrons. The summed E-state index contributed by atoms with van der Waals surface area (Å²) in [6, 6.07) is 0. The maximum absolute atomic E-state index is 5.93. The number of methoxy groups -OCH3 is 1. The fourth-order valence-corrected chi connectivity index (χ4v) is 2.80. The van der Waals surface area contributed by atoms with Gasteiger partial charge in [-0.25, -0.2) is 0 Å². The Kier molecular flexibility index (Phi) is 5.68. The van der Waals surface area contributed by atoms with E-state index in [-0.39, 0.29) is 11.7 Å². The van der Waals surface area contributed by atoms with Gasteiger partial charge in [-0.15, -0.1) is 0 Å². The molecule has 3 atom stereocenters. The quantitative estimate of drug-likeness (QED) is 0.677. The summed E-state index contributed by atoms with van der Waals surface area (Å²) in [5.41, 5.74) is 1.32. The molecule has 2 unspecified atom stereocenters. The zero-order chi connectivity index (χ0) is 12.9. The van der Waals surface area contributed by atoms with Crippen LogP contribution in [0.1, 0.15) is 53.4 Å². The first-order valence-corrected chi connectivity index (χ1v) is 6.79. The summed E-state index contributed by atoms with van der Waals surface area (Å²) in [6.45, 7) is 9.35.